The number of halogens is 1. The fraction of sp³-hybridized carbons (Fsp3) is 0.174. The summed E-state index contributed by atoms with van der Waals surface area (Å²) in [4.78, 5) is 12.8. The highest BCUT2D eigenvalue weighted by molar-refractivity contribution is 7.89. The molecule has 0 bridgehead atoms. The molecule has 0 aliphatic heterocycles. The second kappa shape index (κ2) is 9.43. The zero-order valence-corrected chi connectivity index (χ0v) is 18.4. The van der Waals surface area contributed by atoms with Crippen molar-refractivity contribution in [3.05, 3.63) is 94.5 Å². The number of nitrogens with one attached hydrogen (secondary N) is 1. The molecule has 0 saturated carbocycles. The Balaban J connectivity index is 1.87. The Labute approximate surface area is 182 Å². The summed E-state index contributed by atoms with van der Waals surface area (Å²) < 4.78 is 27.8. The third-order valence-electron chi connectivity index (χ3n) is 4.55. The number of carbonyl (C=O) groups is 1. The number of anilines is 1. The van der Waals surface area contributed by atoms with Crippen molar-refractivity contribution in [1.82, 2.24) is 4.31 Å². The second-order valence-corrected chi connectivity index (χ2v) is 9.50. The first-order valence-electron chi connectivity index (χ1n) is 9.42. The van der Waals surface area contributed by atoms with Crippen LogP contribution < -0.4 is 5.32 Å². The molecule has 0 fully saturated rings. The Morgan fingerprint density at radius 1 is 0.933 bits per heavy atom. The number of hydrogen-bond acceptors (Lipinski definition) is 3. The van der Waals surface area contributed by atoms with E-state index in [9.17, 15) is 13.2 Å². The van der Waals surface area contributed by atoms with Crippen LogP contribution in [0.4, 0.5) is 5.69 Å². The van der Waals surface area contributed by atoms with Crippen molar-refractivity contribution in [1.29, 1.82) is 0 Å². The predicted octanol–water partition coefficient (Wildman–Crippen LogP) is 4.79. The molecule has 0 aliphatic carbocycles. The van der Waals surface area contributed by atoms with Crippen LogP contribution in [0.1, 0.15) is 16.7 Å². The van der Waals surface area contributed by atoms with Crippen LogP contribution in [0, 0.1) is 13.8 Å². The average Bonchev–Trinajstić information content (AvgIpc) is 2.69. The van der Waals surface area contributed by atoms with Crippen molar-refractivity contribution < 1.29 is 13.2 Å². The molecule has 1 N–H and O–H groups in total. The molecule has 0 saturated heterocycles. The molecule has 0 unspecified atom stereocenters. The van der Waals surface area contributed by atoms with Gasteiger partial charge in [0.1, 0.15) is 0 Å². The quantitative estimate of drug-likeness (QED) is 0.572. The molecule has 3 aromatic carbocycles. The van der Waals surface area contributed by atoms with Crippen LogP contribution in [-0.2, 0) is 21.4 Å². The minimum absolute atomic E-state index is 0.0892. The Morgan fingerprint density at radius 3 is 2.23 bits per heavy atom. The van der Waals surface area contributed by atoms with E-state index in [1.165, 1.54) is 4.31 Å². The van der Waals surface area contributed by atoms with Gasteiger partial charge < -0.3 is 5.32 Å². The second-order valence-electron chi connectivity index (χ2n) is 7.13. The minimum Gasteiger partial charge on any atom is -0.325 e. The summed E-state index contributed by atoms with van der Waals surface area (Å²) in [5.41, 5.74) is 3.34. The van der Waals surface area contributed by atoms with Crippen molar-refractivity contribution in [2.24, 2.45) is 0 Å². The van der Waals surface area contributed by atoms with E-state index in [1.807, 2.05) is 38.1 Å². The molecule has 0 aromatic heterocycles. The fourth-order valence-corrected chi connectivity index (χ4v) is 4.50. The zero-order valence-electron chi connectivity index (χ0n) is 16.8. The Hall–Kier alpha value is -2.67. The van der Waals surface area contributed by atoms with Crippen molar-refractivity contribution in [2.75, 3.05) is 11.9 Å². The molecule has 3 rings (SSSR count). The van der Waals surface area contributed by atoms with Gasteiger partial charge in [-0.05, 0) is 55.8 Å². The predicted molar refractivity (Wildman–Crippen MR) is 120 cm³/mol. The monoisotopic (exact) mass is 442 g/mol. The summed E-state index contributed by atoms with van der Waals surface area (Å²) in [6, 6.07) is 20.8. The maximum absolute atomic E-state index is 13.3. The molecular weight excluding hydrogens is 420 g/mol. The summed E-state index contributed by atoms with van der Waals surface area (Å²) in [7, 11) is -3.87. The van der Waals surface area contributed by atoms with Crippen LogP contribution in [0.25, 0.3) is 0 Å². The van der Waals surface area contributed by atoms with Gasteiger partial charge in [0.2, 0.25) is 15.9 Å². The van der Waals surface area contributed by atoms with Gasteiger partial charge in [0.25, 0.3) is 0 Å². The van der Waals surface area contributed by atoms with E-state index in [-0.39, 0.29) is 18.0 Å². The minimum atomic E-state index is -3.87. The topological polar surface area (TPSA) is 66.5 Å². The van der Waals surface area contributed by atoms with E-state index in [0.717, 1.165) is 16.7 Å². The highest BCUT2D eigenvalue weighted by Crippen LogP contribution is 2.20. The van der Waals surface area contributed by atoms with E-state index < -0.39 is 15.9 Å². The summed E-state index contributed by atoms with van der Waals surface area (Å²) in [6.45, 7) is 3.61. The van der Waals surface area contributed by atoms with Crippen LogP contribution >= 0.6 is 11.6 Å². The van der Waals surface area contributed by atoms with Crippen molar-refractivity contribution in [3.63, 3.8) is 0 Å². The summed E-state index contributed by atoms with van der Waals surface area (Å²) in [6.07, 6.45) is 0. The smallest absolute Gasteiger partial charge is 0.243 e. The van der Waals surface area contributed by atoms with E-state index in [2.05, 4.69) is 5.32 Å². The molecule has 30 heavy (non-hydrogen) atoms. The maximum Gasteiger partial charge on any atom is 0.243 e. The largest absolute Gasteiger partial charge is 0.325 e. The standard InChI is InChI=1S/C23H23ClN2O3S/c1-17-6-12-22(13-7-17)30(28,29)26(15-19-5-3-4-18(2)14-19)16-23(27)25-21-10-8-20(24)9-11-21/h3-14H,15-16H2,1-2H3,(H,25,27). The first-order valence-corrected chi connectivity index (χ1v) is 11.2. The highest BCUT2D eigenvalue weighted by atomic mass is 35.5. The van der Waals surface area contributed by atoms with Crippen LogP contribution in [0.3, 0.4) is 0 Å². The molecule has 0 aliphatic rings. The molecule has 7 heteroatoms. The molecular formula is C23H23ClN2O3S. The first-order chi connectivity index (χ1) is 14.2. The van der Waals surface area contributed by atoms with Gasteiger partial charge in [0.15, 0.2) is 0 Å². The Kier molecular flexibility index (Phi) is 6.92. The van der Waals surface area contributed by atoms with E-state index >= 15 is 0 Å². The number of benzene rings is 3. The van der Waals surface area contributed by atoms with Crippen molar-refractivity contribution in [3.8, 4) is 0 Å². The normalized spacial score (nSPS) is 11.5. The Morgan fingerprint density at radius 2 is 1.60 bits per heavy atom. The van der Waals surface area contributed by atoms with Gasteiger partial charge in [-0.2, -0.15) is 4.31 Å². The number of hydrogen-bond donors (Lipinski definition) is 1. The summed E-state index contributed by atoms with van der Waals surface area (Å²) in [5, 5.41) is 3.28. The summed E-state index contributed by atoms with van der Waals surface area (Å²) in [5.74, 6) is -0.430. The molecule has 156 valence electrons. The first kappa shape index (κ1) is 22.0. The van der Waals surface area contributed by atoms with Crippen LogP contribution in [-0.4, -0.2) is 25.2 Å². The van der Waals surface area contributed by atoms with Crippen LogP contribution in [0.15, 0.2) is 77.7 Å². The molecule has 5 nitrogen and oxygen atoms in total. The van der Waals surface area contributed by atoms with E-state index in [0.29, 0.717) is 10.7 Å². The number of sulfonamides is 1. The molecule has 0 spiro atoms. The van der Waals surface area contributed by atoms with E-state index in [1.54, 1.807) is 48.5 Å². The SMILES string of the molecule is Cc1ccc(S(=O)(=O)N(CC(=O)Nc2ccc(Cl)cc2)Cc2cccc(C)c2)cc1. The van der Waals surface area contributed by atoms with Gasteiger partial charge in [-0.25, -0.2) is 8.42 Å². The molecule has 1 amide bonds. The zero-order chi connectivity index (χ0) is 21.7. The number of rotatable bonds is 7. The number of carbonyl (C=O) groups excluding carboxylic acids is 1. The molecule has 0 heterocycles. The van der Waals surface area contributed by atoms with Gasteiger partial charge in [-0.15, -0.1) is 0 Å². The lowest BCUT2D eigenvalue weighted by Gasteiger charge is -2.22. The Bertz CT molecular complexity index is 1130. The van der Waals surface area contributed by atoms with Crippen LogP contribution in [0.5, 0.6) is 0 Å². The van der Waals surface area contributed by atoms with Gasteiger partial charge in [0.05, 0.1) is 11.4 Å². The van der Waals surface area contributed by atoms with Crippen molar-refractivity contribution in [2.45, 2.75) is 25.3 Å². The lowest BCUT2D eigenvalue weighted by Crippen LogP contribution is -2.37. The van der Waals surface area contributed by atoms with Gasteiger partial charge in [0, 0.05) is 17.3 Å². The molecule has 3 aromatic rings. The summed E-state index contributed by atoms with van der Waals surface area (Å²) >= 11 is 5.87. The molecule has 0 atom stereocenters. The third-order valence-corrected chi connectivity index (χ3v) is 6.61. The van der Waals surface area contributed by atoms with Crippen LogP contribution in [0.2, 0.25) is 5.02 Å². The van der Waals surface area contributed by atoms with Gasteiger partial charge in [-0.1, -0.05) is 59.1 Å². The lowest BCUT2D eigenvalue weighted by molar-refractivity contribution is -0.116. The fourth-order valence-electron chi connectivity index (χ4n) is 2.99. The maximum atomic E-state index is 13.3. The number of aryl methyl sites for hydroxylation is 2. The number of nitrogens with zero attached hydrogens (tertiary/aromatic N) is 1. The lowest BCUT2D eigenvalue weighted by atomic mass is 10.1. The van der Waals surface area contributed by atoms with Gasteiger partial charge >= 0.3 is 0 Å². The highest BCUT2D eigenvalue weighted by Gasteiger charge is 2.27. The average molecular weight is 443 g/mol. The van der Waals surface area contributed by atoms with E-state index in [4.69, 9.17) is 11.6 Å². The van der Waals surface area contributed by atoms with Crippen molar-refractivity contribution >= 4 is 33.2 Å². The molecule has 0 radical (unpaired) electrons. The third kappa shape index (κ3) is 5.69. The van der Waals surface area contributed by atoms with Gasteiger partial charge in [-0.3, -0.25) is 4.79 Å². The number of amides is 1.